The number of pyridine rings is 1. The van der Waals surface area contributed by atoms with Crippen molar-refractivity contribution in [3.05, 3.63) is 46.4 Å². The van der Waals surface area contributed by atoms with Crippen molar-refractivity contribution in [2.24, 2.45) is 0 Å². The van der Waals surface area contributed by atoms with Crippen molar-refractivity contribution >= 4 is 17.1 Å². The van der Waals surface area contributed by atoms with Crippen LogP contribution in [0.4, 0.5) is 13.2 Å². The van der Waals surface area contributed by atoms with E-state index in [1.807, 2.05) is 0 Å². The monoisotopic (exact) mass is 421 g/mol. The average molecular weight is 421 g/mol. The molecule has 0 bridgehead atoms. The number of ether oxygens (including phenoxy) is 1. The van der Waals surface area contributed by atoms with E-state index in [1.165, 1.54) is 22.8 Å². The Labute approximate surface area is 168 Å². The van der Waals surface area contributed by atoms with Gasteiger partial charge in [-0.2, -0.15) is 0 Å². The number of aromatic nitrogens is 2. The van der Waals surface area contributed by atoms with Gasteiger partial charge in [0.1, 0.15) is 12.3 Å². The molecule has 3 aromatic rings. The minimum Gasteiger partial charge on any atom is -0.406 e. The Balaban J connectivity index is 1.68. The Kier molecular flexibility index (Phi) is 5.00. The van der Waals surface area contributed by atoms with Gasteiger partial charge in [0.25, 0.3) is 0 Å². The molecule has 4 rings (SSSR count). The van der Waals surface area contributed by atoms with Gasteiger partial charge in [0.2, 0.25) is 5.91 Å². The number of oxazole rings is 1. The van der Waals surface area contributed by atoms with Crippen LogP contribution in [-0.4, -0.2) is 39.8 Å². The summed E-state index contributed by atoms with van der Waals surface area (Å²) in [5.74, 6) is -1.21. The van der Waals surface area contributed by atoms with Gasteiger partial charge in [0, 0.05) is 18.7 Å². The molecule has 1 fully saturated rings. The van der Waals surface area contributed by atoms with Crippen molar-refractivity contribution in [1.82, 2.24) is 14.5 Å². The van der Waals surface area contributed by atoms with E-state index < -0.39 is 12.1 Å². The number of hydrogen-bond donors (Lipinski definition) is 0. The highest BCUT2D eigenvalue weighted by Gasteiger charge is 2.31. The summed E-state index contributed by atoms with van der Waals surface area (Å²) in [6, 6.07) is 7.07. The van der Waals surface area contributed by atoms with E-state index >= 15 is 0 Å². The molecular weight excluding hydrogens is 403 g/mol. The fraction of sp³-hybridized carbons (Fsp3) is 0.350. The summed E-state index contributed by atoms with van der Waals surface area (Å²) in [6.45, 7) is 2.77. The highest BCUT2D eigenvalue weighted by atomic mass is 19.4. The molecule has 1 aromatic carbocycles. The molecular formula is C20H18F3N3O4. The number of carbonyl (C=O) groups is 1. The molecule has 1 saturated heterocycles. The third-order valence-electron chi connectivity index (χ3n) is 4.97. The Bertz CT molecular complexity index is 1160. The Hall–Kier alpha value is -3.30. The Morgan fingerprint density at radius 3 is 2.60 bits per heavy atom. The topological polar surface area (TPSA) is 77.6 Å². The van der Waals surface area contributed by atoms with Gasteiger partial charge in [0.15, 0.2) is 11.2 Å². The van der Waals surface area contributed by atoms with Gasteiger partial charge in [0.05, 0.1) is 5.69 Å². The van der Waals surface area contributed by atoms with Crippen molar-refractivity contribution in [1.29, 1.82) is 0 Å². The molecule has 1 aliphatic rings. The van der Waals surface area contributed by atoms with Gasteiger partial charge in [-0.1, -0.05) is 0 Å². The zero-order valence-electron chi connectivity index (χ0n) is 16.0. The van der Waals surface area contributed by atoms with E-state index in [0.717, 1.165) is 12.8 Å². The number of fused-ring (bicyclic) bond motifs is 1. The molecule has 30 heavy (non-hydrogen) atoms. The second-order valence-corrected chi connectivity index (χ2v) is 7.08. The fourth-order valence-corrected chi connectivity index (χ4v) is 3.56. The standard InChI is InChI=1S/C20H18F3N3O4/c1-12-10-13(30-20(21,22)23)4-5-14(12)15-6-7-16-18(24-15)26(19(28)29-16)11-17(27)25-8-2-3-9-25/h4-7,10H,2-3,8-9,11H2,1H3. The van der Waals surface area contributed by atoms with E-state index in [9.17, 15) is 22.8 Å². The van der Waals surface area contributed by atoms with E-state index in [4.69, 9.17) is 4.42 Å². The van der Waals surface area contributed by atoms with Gasteiger partial charge in [-0.25, -0.2) is 14.3 Å². The summed E-state index contributed by atoms with van der Waals surface area (Å²) in [5, 5.41) is 0. The molecule has 1 aliphatic heterocycles. The Morgan fingerprint density at radius 1 is 1.20 bits per heavy atom. The fourth-order valence-electron chi connectivity index (χ4n) is 3.56. The molecule has 0 unspecified atom stereocenters. The number of hydrogen-bond acceptors (Lipinski definition) is 5. The smallest absolute Gasteiger partial charge is 0.406 e. The largest absolute Gasteiger partial charge is 0.573 e. The summed E-state index contributed by atoms with van der Waals surface area (Å²) in [5.41, 5.74) is 1.95. The molecule has 3 heterocycles. The number of benzene rings is 1. The van der Waals surface area contributed by atoms with Gasteiger partial charge in [-0.3, -0.25) is 4.79 Å². The number of likely N-dealkylation sites (tertiary alicyclic amines) is 1. The van der Waals surface area contributed by atoms with Crippen molar-refractivity contribution < 1.29 is 27.1 Å². The quantitative estimate of drug-likeness (QED) is 0.645. The summed E-state index contributed by atoms with van der Waals surface area (Å²) in [4.78, 5) is 30.8. The first-order chi connectivity index (χ1) is 14.2. The van der Waals surface area contributed by atoms with Crippen LogP contribution in [0, 0.1) is 6.92 Å². The first-order valence-electron chi connectivity index (χ1n) is 9.36. The van der Waals surface area contributed by atoms with E-state index in [1.54, 1.807) is 24.0 Å². The van der Waals surface area contributed by atoms with Crippen LogP contribution in [-0.2, 0) is 11.3 Å². The van der Waals surface area contributed by atoms with Crippen molar-refractivity contribution in [3.63, 3.8) is 0 Å². The third-order valence-corrected chi connectivity index (χ3v) is 4.97. The summed E-state index contributed by atoms with van der Waals surface area (Å²) >= 11 is 0. The van der Waals surface area contributed by atoms with Crippen molar-refractivity contribution in [2.75, 3.05) is 13.1 Å². The lowest BCUT2D eigenvalue weighted by Gasteiger charge is -2.15. The van der Waals surface area contributed by atoms with Crippen molar-refractivity contribution in [3.8, 4) is 17.0 Å². The maximum Gasteiger partial charge on any atom is 0.573 e. The lowest BCUT2D eigenvalue weighted by molar-refractivity contribution is -0.274. The van der Waals surface area contributed by atoms with Gasteiger partial charge < -0.3 is 14.1 Å². The van der Waals surface area contributed by atoms with Crippen LogP contribution in [0.2, 0.25) is 0 Å². The molecule has 0 aliphatic carbocycles. The molecule has 1 amide bonds. The SMILES string of the molecule is Cc1cc(OC(F)(F)F)ccc1-c1ccc2oc(=O)n(CC(=O)N3CCCC3)c2n1. The number of nitrogens with zero attached hydrogens (tertiary/aromatic N) is 3. The summed E-state index contributed by atoms with van der Waals surface area (Å²) in [7, 11) is 0. The van der Waals surface area contributed by atoms with Crippen LogP contribution in [0.1, 0.15) is 18.4 Å². The van der Waals surface area contributed by atoms with Gasteiger partial charge >= 0.3 is 12.1 Å². The highest BCUT2D eigenvalue weighted by Crippen LogP contribution is 2.30. The van der Waals surface area contributed by atoms with Crippen LogP contribution in [0.15, 0.2) is 39.5 Å². The lowest BCUT2D eigenvalue weighted by atomic mass is 10.0. The molecule has 7 nitrogen and oxygen atoms in total. The first kappa shape index (κ1) is 20.0. The minimum absolute atomic E-state index is 0.181. The zero-order valence-corrected chi connectivity index (χ0v) is 16.0. The molecule has 0 spiro atoms. The number of carbonyl (C=O) groups excluding carboxylic acids is 1. The number of rotatable bonds is 4. The minimum atomic E-state index is -4.78. The molecule has 0 saturated carbocycles. The van der Waals surface area contributed by atoms with E-state index in [-0.39, 0.29) is 29.4 Å². The van der Waals surface area contributed by atoms with E-state index in [2.05, 4.69) is 9.72 Å². The maximum absolute atomic E-state index is 12.5. The number of aryl methyl sites for hydroxylation is 1. The second kappa shape index (κ2) is 7.51. The number of halogens is 3. The molecule has 158 valence electrons. The van der Waals surface area contributed by atoms with Crippen LogP contribution < -0.4 is 10.5 Å². The molecule has 0 radical (unpaired) electrons. The van der Waals surface area contributed by atoms with Crippen LogP contribution in [0.3, 0.4) is 0 Å². The van der Waals surface area contributed by atoms with Crippen LogP contribution in [0.5, 0.6) is 5.75 Å². The summed E-state index contributed by atoms with van der Waals surface area (Å²) in [6.07, 6.45) is -2.91. The first-order valence-corrected chi connectivity index (χ1v) is 9.36. The average Bonchev–Trinajstić information content (AvgIpc) is 3.29. The Morgan fingerprint density at radius 2 is 1.93 bits per heavy atom. The summed E-state index contributed by atoms with van der Waals surface area (Å²) < 4.78 is 47.6. The predicted octanol–water partition coefficient (Wildman–Crippen LogP) is 3.49. The molecule has 0 N–H and O–H groups in total. The van der Waals surface area contributed by atoms with Crippen molar-refractivity contribution in [2.45, 2.75) is 32.7 Å². The maximum atomic E-state index is 12.5. The van der Waals surface area contributed by atoms with Gasteiger partial charge in [-0.05, 0) is 55.7 Å². The molecule has 10 heteroatoms. The molecule has 0 atom stereocenters. The highest BCUT2D eigenvalue weighted by molar-refractivity contribution is 5.80. The third kappa shape index (κ3) is 4.03. The normalized spacial score (nSPS) is 14.5. The number of alkyl halides is 3. The van der Waals surface area contributed by atoms with Crippen LogP contribution in [0.25, 0.3) is 22.5 Å². The van der Waals surface area contributed by atoms with Crippen LogP contribution >= 0.6 is 0 Å². The molecule has 2 aromatic heterocycles. The zero-order chi connectivity index (χ0) is 21.5. The predicted molar refractivity (Wildman–Crippen MR) is 101 cm³/mol. The van der Waals surface area contributed by atoms with Gasteiger partial charge in [-0.15, -0.1) is 13.2 Å². The van der Waals surface area contributed by atoms with E-state index in [0.29, 0.717) is 29.9 Å². The second-order valence-electron chi connectivity index (χ2n) is 7.08. The number of amides is 1. The lowest BCUT2D eigenvalue weighted by Crippen LogP contribution is -2.33.